The van der Waals surface area contributed by atoms with Gasteiger partial charge in [0.1, 0.15) is 11.5 Å². The largest absolute Gasteiger partial charge is 0.351 e. The predicted molar refractivity (Wildman–Crippen MR) is 267 cm³/mol. The van der Waals surface area contributed by atoms with Gasteiger partial charge in [-0.05, 0) is 77.2 Å². The van der Waals surface area contributed by atoms with Crippen LogP contribution in [0.5, 0.6) is 0 Å². The molecule has 0 spiro atoms. The normalized spacial score (nSPS) is 11.4. The Balaban J connectivity index is 0.995. The zero-order chi connectivity index (χ0) is 45.8. The molecule has 4 aromatic carbocycles. The molecule has 0 aliphatic heterocycles. The van der Waals surface area contributed by atoms with E-state index in [1.807, 2.05) is 97.3 Å². The molecule has 17 heteroatoms. The van der Waals surface area contributed by atoms with E-state index >= 15 is 0 Å². The first-order chi connectivity index (χ1) is 32.6. The summed E-state index contributed by atoms with van der Waals surface area (Å²) in [6, 6.07) is 34.0. The number of nitrogens with zero attached hydrogens (tertiary/aromatic N) is 8. The molecule has 11 aromatic rings. The second-order valence-electron chi connectivity index (χ2n) is 16.3. The molecule has 0 aliphatic rings. The first-order valence-electron chi connectivity index (χ1n) is 21.1. The molecule has 15 nitrogen and oxygen atoms in total. The van der Waals surface area contributed by atoms with E-state index in [1.54, 1.807) is 67.9 Å². The Morgan fingerprint density at radius 2 is 1.33 bits per heavy atom. The molecule has 328 valence electrons. The minimum atomic E-state index is -0.109. The Morgan fingerprint density at radius 3 is 2.07 bits per heavy atom. The number of nitrogens with one attached hydrogen (secondary N) is 5. The van der Waals surface area contributed by atoms with Crippen molar-refractivity contribution in [2.75, 3.05) is 38.8 Å². The molecule has 0 radical (unpaired) electrons. The molecule has 7 aromatic heterocycles. The van der Waals surface area contributed by atoms with Gasteiger partial charge < -0.3 is 25.4 Å². The van der Waals surface area contributed by atoms with Gasteiger partial charge in [0.25, 0.3) is 11.8 Å². The van der Waals surface area contributed by atoms with Crippen LogP contribution in [0.1, 0.15) is 20.2 Å². The molecule has 2 amide bonds. The van der Waals surface area contributed by atoms with Gasteiger partial charge in [0.15, 0.2) is 17.5 Å². The summed E-state index contributed by atoms with van der Waals surface area (Å²) in [7, 11) is 6.98. The molecule has 0 bridgehead atoms. The van der Waals surface area contributed by atoms with E-state index < -0.39 is 0 Å². The Labute approximate surface area is 390 Å². The molecule has 11 rings (SSSR count). The van der Waals surface area contributed by atoms with Crippen molar-refractivity contribution in [3.8, 4) is 55.5 Å². The van der Waals surface area contributed by atoms with Crippen molar-refractivity contribution in [2.24, 2.45) is 0 Å². The monoisotopic (exact) mass is 917 g/mol. The fourth-order valence-corrected chi connectivity index (χ4v) is 10.0. The highest BCUT2D eigenvalue weighted by molar-refractivity contribution is 7.23. The Bertz CT molecular complexity index is 3650. The molecule has 5 N–H and O–H groups in total. The third-order valence-corrected chi connectivity index (χ3v) is 13.5. The summed E-state index contributed by atoms with van der Waals surface area (Å²) in [5.74, 6) is 2.18. The summed E-state index contributed by atoms with van der Waals surface area (Å²) in [4.78, 5) is 53.5. The third-order valence-electron chi connectivity index (χ3n) is 11.3. The van der Waals surface area contributed by atoms with Gasteiger partial charge in [-0.2, -0.15) is 10.2 Å². The number of H-pyrrole nitrogens is 3. The maximum Gasteiger partial charge on any atom is 0.269 e. The molecule has 0 fully saturated rings. The van der Waals surface area contributed by atoms with Crippen LogP contribution in [0.4, 0.5) is 23.0 Å². The minimum Gasteiger partial charge on any atom is -0.351 e. The van der Waals surface area contributed by atoms with E-state index in [-0.39, 0.29) is 11.8 Å². The standard InChI is InChI=1S/C50H39N13O2S2/c1-62(2)49(64)40-18-29-5-7-31(19-38(29)57-40)47-59-39-22-42(67-45(39)48(61-47)56-35-12-9-27(10-13-35)33-23-52-53-24-33)36-17-28(34-25-54-55-26-34)11-14-37(36)58-44-15-16-51-46(60-44)32-8-6-30-20-43(50(65)63(3)4)66-41(30)21-32/h5-26,57H,1-4H3,(H,52,53)(H,54,55)(H,51,58,60)(H,56,59,61). The van der Waals surface area contributed by atoms with E-state index in [1.165, 1.54) is 11.3 Å². The number of aromatic nitrogens is 9. The topological polar surface area (TPSA) is 189 Å². The highest BCUT2D eigenvalue weighted by Crippen LogP contribution is 2.43. The quantitative estimate of drug-likeness (QED) is 0.0835. The number of thiophene rings is 2. The zero-order valence-corrected chi connectivity index (χ0v) is 38.0. The van der Waals surface area contributed by atoms with Crippen LogP contribution in [-0.4, -0.2) is 95.1 Å². The number of carbonyl (C=O) groups excluding carboxylic acids is 2. The van der Waals surface area contributed by atoms with Crippen molar-refractivity contribution < 1.29 is 9.59 Å². The molecule has 67 heavy (non-hydrogen) atoms. The fourth-order valence-electron chi connectivity index (χ4n) is 7.84. The summed E-state index contributed by atoms with van der Waals surface area (Å²) in [6.45, 7) is 0. The van der Waals surface area contributed by atoms with Crippen molar-refractivity contribution in [1.82, 2.24) is 55.1 Å². The second-order valence-corrected chi connectivity index (χ2v) is 18.4. The van der Waals surface area contributed by atoms with Gasteiger partial charge in [-0.3, -0.25) is 19.8 Å². The van der Waals surface area contributed by atoms with Gasteiger partial charge >= 0.3 is 0 Å². The van der Waals surface area contributed by atoms with Gasteiger partial charge in [-0.25, -0.2) is 19.9 Å². The fraction of sp³-hybridized carbons (Fsp3) is 0.0800. The minimum absolute atomic E-state index is 0.0293. The number of aromatic amines is 3. The van der Waals surface area contributed by atoms with Crippen LogP contribution in [0, 0.1) is 0 Å². The van der Waals surface area contributed by atoms with Crippen molar-refractivity contribution in [2.45, 2.75) is 0 Å². The van der Waals surface area contributed by atoms with Crippen LogP contribution in [0.15, 0.2) is 134 Å². The van der Waals surface area contributed by atoms with Gasteiger partial charge in [0.05, 0.1) is 27.5 Å². The summed E-state index contributed by atoms with van der Waals surface area (Å²) >= 11 is 3.04. The molecular formula is C50H39N13O2S2. The smallest absolute Gasteiger partial charge is 0.269 e. The summed E-state index contributed by atoms with van der Waals surface area (Å²) in [6.07, 6.45) is 9.07. The van der Waals surface area contributed by atoms with Crippen molar-refractivity contribution in [1.29, 1.82) is 0 Å². The van der Waals surface area contributed by atoms with Crippen LogP contribution in [-0.2, 0) is 0 Å². The SMILES string of the molecule is CN(C)C(=O)c1cc2ccc(-c3nc(Nc4ccc(-c5cn[nH]c5)cc4)c4sc(-c5cc(-c6cn[nH]c6)ccc5Nc5ccnc(-c6ccc7cc(C(=O)N(C)C)sc7c6)n5)cc4n3)cc2[nH]1. The van der Waals surface area contributed by atoms with Crippen LogP contribution < -0.4 is 10.6 Å². The summed E-state index contributed by atoms with van der Waals surface area (Å²) in [5, 5.41) is 23.3. The number of hydrogen-bond donors (Lipinski definition) is 5. The maximum atomic E-state index is 12.8. The number of anilines is 4. The van der Waals surface area contributed by atoms with Gasteiger partial charge in [-0.1, -0.05) is 42.5 Å². The Kier molecular flexibility index (Phi) is 10.3. The van der Waals surface area contributed by atoms with E-state index in [4.69, 9.17) is 15.0 Å². The van der Waals surface area contributed by atoms with Gasteiger partial charge in [0, 0.05) is 106 Å². The van der Waals surface area contributed by atoms with E-state index in [0.717, 1.165) is 86.4 Å². The van der Waals surface area contributed by atoms with E-state index in [2.05, 4.69) is 59.2 Å². The molecule has 0 saturated heterocycles. The van der Waals surface area contributed by atoms with Crippen LogP contribution in [0.3, 0.4) is 0 Å². The van der Waals surface area contributed by atoms with Gasteiger partial charge in [-0.15, -0.1) is 22.7 Å². The molecule has 7 heterocycles. The highest BCUT2D eigenvalue weighted by Gasteiger charge is 2.20. The van der Waals surface area contributed by atoms with Gasteiger partial charge in [0.2, 0.25) is 0 Å². The van der Waals surface area contributed by atoms with E-state index in [0.29, 0.717) is 33.9 Å². The highest BCUT2D eigenvalue weighted by atomic mass is 32.1. The average molecular weight is 918 g/mol. The van der Waals surface area contributed by atoms with Crippen LogP contribution >= 0.6 is 22.7 Å². The third kappa shape index (κ3) is 8.02. The Morgan fingerprint density at radius 1 is 0.612 bits per heavy atom. The van der Waals surface area contributed by atoms with Crippen LogP contribution in [0.2, 0.25) is 0 Å². The molecular weight excluding hydrogens is 879 g/mol. The molecule has 0 aliphatic carbocycles. The summed E-state index contributed by atoms with van der Waals surface area (Å²) in [5.41, 5.74) is 10.2. The first-order valence-corrected chi connectivity index (χ1v) is 22.8. The molecule has 0 saturated carbocycles. The predicted octanol–water partition coefficient (Wildman–Crippen LogP) is 10.8. The molecule has 0 unspecified atom stereocenters. The van der Waals surface area contributed by atoms with E-state index in [9.17, 15) is 9.59 Å². The number of amides is 2. The number of hydrogen-bond acceptors (Lipinski definition) is 12. The summed E-state index contributed by atoms with van der Waals surface area (Å²) < 4.78 is 1.84. The molecule has 0 atom stereocenters. The lowest BCUT2D eigenvalue weighted by molar-refractivity contribution is 0.0819. The number of benzene rings is 4. The van der Waals surface area contributed by atoms with Crippen molar-refractivity contribution in [3.05, 3.63) is 145 Å². The zero-order valence-electron chi connectivity index (χ0n) is 36.4. The van der Waals surface area contributed by atoms with Crippen LogP contribution in [0.25, 0.3) is 86.7 Å². The lowest BCUT2D eigenvalue weighted by Gasteiger charge is -2.13. The van der Waals surface area contributed by atoms with Crippen molar-refractivity contribution in [3.63, 3.8) is 0 Å². The second kappa shape index (κ2) is 16.8. The maximum absolute atomic E-state index is 12.8. The lowest BCUT2D eigenvalue weighted by atomic mass is 10.0. The first kappa shape index (κ1) is 41.2. The number of fused-ring (bicyclic) bond motifs is 3. The number of rotatable bonds is 11. The Hall–Kier alpha value is -8.54. The number of carbonyl (C=O) groups is 2. The average Bonchev–Trinajstić information content (AvgIpc) is 4.21. The van der Waals surface area contributed by atoms with Crippen molar-refractivity contribution >= 4 is 88.7 Å². The lowest BCUT2D eigenvalue weighted by Crippen LogP contribution is -2.21.